The number of aromatic nitrogens is 1. The molecule has 1 aliphatic rings. The maximum Gasteiger partial charge on any atom is 0.147 e. The fraction of sp³-hybridized carbons (Fsp3) is 0.385. The lowest BCUT2D eigenvalue weighted by Gasteiger charge is -2.42. The summed E-state index contributed by atoms with van der Waals surface area (Å²) in [5, 5.41) is 4.50. The SMILES string of the molecule is Cc1ccc(CNC(=S)c2cn3c4c(c(C)c(C)c(C)c4c2=S)O[C@@H](C)C3(C)C)cc1. The van der Waals surface area contributed by atoms with Crippen molar-refractivity contribution in [2.45, 2.75) is 66.7 Å². The smallest absolute Gasteiger partial charge is 0.147 e. The van der Waals surface area contributed by atoms with Gasteiger partial charge in [-0.05, 0) is 70.7 Å². The monoisotopic (exact) mass is 450 g/mol. The predicted molar refractivity (Wildman–Crippen MR) is 136 cm³/mol. The molecule has 0 unspecified atom stereocenters. The fourth-order valence-electron chi connectivity index (χ4n) is 4.26. The van der Waals surface area contributed by atoms with E-state index in [4.69, 9.17) is 29.2 Å². The molecule has 31 heavy (non-hydrogen) atoms. The number of aryl methyl sites for hydroxylation is 2. The standard InChI is InChI=1S/C26H30N2OS2/c1-14-8-10-19(11-9-14)12-27-25(31)20-13-28-22-21(24(20)30)16(3)15(2)17(4)23(22)29-18(5)26(28,6)7/h8-11,13,18H,12H2,1-7H3,(H,27,31)/t18-/m0/s1. The molecule has 2 heterocycles. The maximum absolute atomic E-state index is 6.44. The first-order valence-electron chi connectivity index (χ1n) is 10.7. The molecule has 1 atom stereocenters. The van der Waals surface area contributed by atoms with Gasteiger partial charge in [-0.15, -0.1) is 0 Å². The van der Waals surface area contributed by atoms with E-state index in [0.717, 1.165) is 26.7 Å². The molecule has 1 aromatic heterocycles. The van der Waals surface area contributed by atoms with Crippen molar-refractivity contribution in [3.63, 3.8) is 0 Å². The summed E-state index contributed by atoms with van der Waals surface area (Å²) in [6, 6.07) is 8.50. The van der Waals surface area contributed by atoms with Gasteiger partial charge in [0.05, 0.1) is 15.6 Å². The quantitative estimate of drug-likeness (QED) is 0.456. The normalized spacial score (nSPS) is 16.8. The number of ether oxygens (including phenoxy) is 1. The van der Waals surface area contributed by atoms with Crippen molar-refractivity contribution >= 4 is 40.3 Å². The van der Waals surface area contributed by atoms with Gasteiger partial charge in [-0.3, -0.25) is 0 Å². The number of hydrogen-bond donors (Lipinski definition) is 1. The first-order chi connectivity index (χ1) is 14.5. The molecule has 0 radical (unpaired) electrons. The molecule has 0 saturated heterocycles. The Kier molecular flexibility index (Phi) is 5.47. The van der Waals surface area contributed by atoms with Gasteiger partial charge in [0.1, 0.15) is 16.8 Å². The van der Waals surface area contributed by atoms with Crippen LogP contribution in [-0.2, 0) is 12.1 Å². The van der Waals surface area contributed by atoms with E-state index in [-0.39, 0.29) is 11.6 Å². The summed E-state index contributed by atoms with van der Waals surface area (Å²) in [5.41, 5.74) is 7.81. The third-order valence-corrected chi connectivity index (χ3v) is 7.78. The molecule has 0 saturated carbocycles. The van der Waals surface area contributed by atoms with Crippen molar-refractivity contribution in [2.75, 3.05) is 0 Å². The summed E-state index contributed by atoms with van der Waals surface area (Å²) in [6.07, 6.45) is 2.15. The van der Waals surface area contributed by atoms with Crippen LogP contribution in [0, 0.1) is 32.2 Å². The summed E-state index contributed by atoms with van der Waals surface area (Å²) in [5.74, 6) is 0.945. The molecule has 0 bridgehead atoms. The van der Waals surface area contributed by atoms with Crippen LogP contribution in [0.25, 0.3) is 10.9 Å². The molecule has 1 N–H and O–H groups in total. The van der Waals surface area contributed by atoms with Gasteiger partial charge in [0.2, 0.25) is 0 Å². The molecular formula is C26H30N2OS2. The lowest BCUT2D eigenvalue weighted by atomic mass is 9.90. The number of hydrogen-bond acceptors (Lipinski definition) is 3. The highest BCUT2D eigenvalue weighted by atomic mass is 32.1. The van der Waals surface area contributed by atoms with Gasteiger partial charge in [0.25, 0.3) is 0 Å². The van der Waals surface area contributed by atoms with Crippen molar-refractivity contribution in [2.24, 2.45) is 0 Å². The molecule has 3 nitrogen and oxygen atoms in total. The maximum atomic E-state index is 6.44. The summed E-state index contributed by atoms with van der Waals surface area (Å²) in [6.45, 7) is 15.7. The Labute approximate surface area is 195 Å². The van der Waals surface area contributed by atoms with Gasteiger partial charge in [-0.1, -0.05) is 54.3 Å². The molecule has 0 amide bonds. The average molecular weight is 451 g/mol. The Hall–Kier alpha value is -2.24. The summed E-state index contributed by atoms with van der Waals surface area (Å²) >= 11 is 11.8. The van der Waals surface area contributed by atoms with Crippen LogP contribution in [0.15, 0.2) is 30.5 Å². The number of nitrogens with zero attached hydrogens (tertiary/aromatic N) is 1. The lowest BCUT2D eigenvalue weighted by Crippen LogP contribution is -2.45. The summed E-state index contributed by atoms with van der Waals surface area (Å²) in [4.78, 5) is 0.686. The Bertz CT molecular complexity index is 1270. The number of rotatable bonds is 3. The zero-order chi connectivity index (χ0) is 22.7. The van der Waals surface area contributed by atoms with Crippen LogP contribution >= 0.6 is 24.4 Å². The first kappa shape index (κ1) is 22.0. The van der Waals surface area contributed by atoms with Crippen molar-refractivity contribution in [1.29, 1.82) is 0 Å². The molecular weight excluding hydrogens is 420 g/mol. The molecule has 0 spiro atoms. The second-order valence-corrected chi connectivity index (χ2v) is 10.1. The van der Waals surface area contributed by atoms with Crippen molar-refractivity contribution in [3.05, 3.63) is 68.4 Å². The van der Waals surface area contributed by atoms with E-state index in [9.17, 15) is 0 Å². The zero-order valence-corrected chi connectivity index (χ0v) is 21.0. The molecule has 2 aromatic carbocycles. The van der Waals surface area contributed by atoms with Gasteiger partial charge < -0.3 is 14.6 Å². The third kappa shape index (κ3) is 3.48. The van der Waals surface area contributed by atoms with Crippen LogP contribution in [0.1, 0.15) is 54.2 Å². The summed E-state index contributed by atoms with van der Waals surface area (Å²) in [7, 11) is 0. The second-order valence-electron chi connectivity index (χ2n) is 9.25. The number of thiocarbonyl (C=S) groups is 1. The van der Waals surface area contributed by atoms with E-state index in [1.165, 1.54) is 27.8 Å². The minimum atomic E-state index is -0.232. The number of nitrogens with one attached hydrogen (secondary N) is 1. The molecule has 5 heteroatoms. The Morgan fingerprint density at radius 1 is 1.06 bits per heavy atom. The van der Waals surface area contributed by atoms with Gasteiger partial charge >= 0.3 is 0 Å². The van der Waals surface area contributed by atoms with Crippen LogP contribution in [0.3, 0.4) is 0 Å². The topological polar surface area (TPSA) is 26.2 Å². The minimum Gasteiger partial charge on any atom is -0.486 e. The Morgan fingerprint density at radius 2 is 1.71 bits per heavy atom. The van der Waals surface area contributed by atoms with Crippen LogP contribution < -0.4 is 10.1 Å². The van der Waals surface area contributed by atoms with Gasteiger partial charge in [-0.25, -0.2) is 0 Å². The lowest BCUT2D eigenvalue weighted by molar-refractivity contribution is 0.0838. The van der Waals surface area contributed by atoms with E-state index in [0.29, 0.717) is 11.5 Å². The Morgan fingerprint density at radius 3 is 2.35 bits per heavy atom. The van der Waals surface area contributed by atoms with Crippen LogP contribution in [0.2, 0.25) is 0 Å². The van der Waals surface area contributed by atoms with Crippen molar-refractivity contribution in [3.8, 4) is 5.75 Å². The number of pyridine rings is 1. The molecule has 1 aliphatic heterocycles. The van der Waals surface area contributed by atoms with Crippen molar-refractivity contribution < 1.29 is 4.74 Å². The van der Waals surface area contributed by atoms with Crippen LogP contribution in [0.4, 0.5) is 0 Å². The van der Waals surface area contributed by atoms with Gasteiger partial charge in [-0.2, -0.15) is 0 Å². The van der Waals surface area contributed by atoms with E-state index >= 15 is 0 Å². The molecule has 0 fully saturated rings. The Balaban J connectivity index is 1.88. The van der Waals surface area contributed by atoms with E-state index in [1.807, 2.05) is 0 Å². The molecule has 0 aliphatic carbocycles. The van der Waals surface area contributed by atoms with Gasteiger partial charge in [0.15, 0.2) is 0 Å². The van der Waals surface area contributed by atoms with Crippen LogP contribution in [0.5, 0.6) is 5.75 Å². The zero-order valence-electron chi connectivity index (χ0n) is 19.3. The molecule has 162 valence electrons. The van der Waals surface area contributed by atoms with Crippen molar-refractivity contribution in [1.82, 2.24) is 9.88 Å². The highest BCUT2D eigenvalue weighted by molar-refractivity contribution is 7.80. The van der Waals surface area contributed by atoms with Crippen LogP contribution in [-0.4, -0.2) is 15.7 Å². The highest BCUT2D eigenvalue weighted by Crippen LogP contribution is 2.44. The molecule has 4 rings (SSSR count). The largest absolute Gasteiger partial charge is 0.486 e. The molecule has 3 aromatic rings. The number of benzene rings is 2. The van der Waals surface area contributed by atoms with Gasteiger partial charge in [0, 0.05) is 23.7 Å². The van der Waals surface area contributed by atoms with E-state index < -0.39 is 0 Å². The second kappa shape index (κ2) is 7.72. The third-order valence-electron chi connectivity index (χ3n) is 6.99. The predicted octanol–water partition coefficient (Wildman–Crippen LogP) is 6.59. The average Bonchev–Trinajstić information content (AvgIpc) is 2.73. The highest BCUT2D eigenvalue weighted by Gasteiger charge is 2.37. The first-order valence-corrected chi connectivity index (χ1v) is 11.6. The van der Waals surface area contributed by atoms with E-state index in [2.05, 4.69) is 88.8 Å². The minimum absolute atomic E-state index is 0.0203. The summed E-state index contributed by atoms with van der Waals surface area (Å²) < 4.78 is 9.56. The fourth-order valence-corrected chi connectivity index (χ4v) is 4.96. The van der Waals surface area contributed by atoms with E-state index in [1.54, 1.807) is 0 Å².